The Hall–Kier alpha value is -1.05. The third-order valence-corrected chi connectivity index (χ3v) is 5.53. The molecular weight excluding hydrogens is 370 g/mol. The zero-order chi connectivity index (χ0) is 16.9. The van der Waals surface area contributed by atoms with Gasteiger partial charge < -0.3 is 15.0 Å². The summed E-state index contributed by atoms with van der Waals surface area (Å²) in [5.41, 5.74) is 0. The normalized spacial score (nSPS) is 21.5. The van der Waals surface area contributed by atoms with Crippen LogP contribution >= 0.6 is 24.2 Å². The highest BCUT2D eigenvalue weighted by atomic mass is 35.5. The topological polar surface area (TPSA) is 41.6 Å². The average molecular weight is 393 g/mol. The van der Waals surface area contributed by atoms with Gasteiger partial charge in [0.15, 0.2) is 11.6 Å². The lowest BCUT2D eigenvalue weighted by molar-refractivity contribution is -0.133. The van der Waals surface area contributed by atoms with Crippen molar-refractivity contribution in [1.82, 2.24) is 10.2 Å². The summed E-state index contributed by atoms with van der Waals surface area (Å²) < 4.78 is 32.2. The molecule has 0 bridgehead atoms. The molecule has 0 aromatic heterocycles. The first-order valence-electron chi connectivity index (χ1n) is 8.32. The van der Waals surface area contributed by atoms with Gasteiger partial charge in [0, 0.05) is 62.5 Å². The van der Waals surface area contributed by atoms with Gasteiger partial charge in [-0.3, -0.25) is 4.79 Å². The van der Waals surface area contributed by atoms with Crippen LogP contribution in [0.15, 0.2) is 18.2 Å². The number of nitrogens with one attached hydrogen (secondary N) is 1. The zero-order valence-corrected chi connectivity index (χ0v) is 15.5. The first-order valence-corrected chi connectivity index (χ1v) is 9.48. The molecule has 8 heteroatoms. The number of piperidine rings is 1. The predicted octanol–water partition coefficient (Wildman–Crippen LogP) is 2.85. The Morgan fingerprint density at radius 3 is 2.72 bits per heavy atom. The molecule has 1 atom stereocenters. The predicted molar refractivity (Wildman–Crippen MR) is 97.6 cm³/mol. The van der Waals surface area contributed by atoms with E-state index in [9.17, 15) is 13.6 Å². The molecule has 2 saturated heterocycles. The molecule has 1 amide bonds. The molecule has 2 aliphatic rings. The van der Waals surface area contributed by atoms with E-state index >= 15 is 0 Å². The summed E-state index contributed by atoms with van der Waals surface area (Å²) in [5.74, 6) is 1.03. The number of rotatable bonds is 4. The number of thioether (sulfide) groups is 1. The maximum atomic E-state index is 13.6. The second-order valence-electron chi connectivity index (χ2n) is 6.20. The molecule has 4 nitrogen and oxygen atoms in total. The maximum Gasteiger partial charge on any atom is 0.224 e. The number of nitrogens with zero attached hydrogens (tertiary/aromatic N) is 1. The van der Waals surface area contributed by atoms with Gasteiger partial charge >= 0.3 is 0 Å². The number of hydrogen-bond donors (Lipinski definition) is 1. The third-order valence-electron chi connectivity index (χ3n) is 4.40. The molecule has 3 rings (SSSR count). The van der Waals surface area contributed by atoms with E-state index in [-0.39, 0.29) is 36.2 Å². The van der Waals surface area contributed by atoms with Gasteiger partial charge in [-0.1, -0.05) is 0 Å². The Bertz CT molecular complexity index is 580. The van der Waals surface area contributed by atoms with Gasteiger partial charge in [0.05, 0.1) is 0 Å². The monoisotopic (exact) mass is 392 g/mol. The number of carbonyl (C=O) groups excluding carboxylic acids is 1. The quantitative estimate of drug-likeness (QED) is 0.855. The summed E-state index contributed by atoms with van der Waals surface area (Å²) in [4.78, 5) is 14.2. The highest BCUT2D eigenvalue weighted by Gasteiger charge is 2.26. The van der Waals surface area contributed by atoms with Crippen molar-refractivity contribution in [2.24, 2.45) is 0 Å². The Morgan fingerprint density at radius 2 is 2.08 bits per heavy atom. The fraction of sp³-hybridized carbons (Fsp3) is 0.588. The van der Waals surface area contributed by atoms with E-state index in [1.54, 1.807) is 0 Å². The van der Waals surface area contributed by atoms with E-state index in [1.165, 1.54) is 12.1 Å². The van der Waals surface area contributed by atoms with E-state index < -0.39 is 11.6 Å². The molecule has 0 saturated carbocycles. The van der Waals surface area contributed by atoms with Crippen molar-refractivity contribution in [2.45, 2.75) is 31.4 Å². The van der Waals surface area contributed by atoms with Gasteiger partial charge in [0.25, 0.3) is 0 Å². The number of likely N-dealkylation sites (tertiary alicyclic amines) is 1. The Morgan fingerprint density at radius 1 is 1.32 bits per heavy atom. The molecule has 2 aliphatic heterocycles. The van der Waals surface area contributed by atoms with Crippen LogP contribution < -0.4 is 10.1 Å². The second kappa shape index (κ2) is 9.59. The standard InChI is InChI=1S/C17H22F2N2O2S.ClH/c18-12-1-2-16(15(19)9-12)23-14-3-6-21(7-4-14)17(22)10-13-11-24-8-5-20-13;/h1-2,9,13-14,20H,3-8,10-11H2;1H. The summed E-state index contributed by atoms with van der Waals surface area (Å²) in [5, 5.41) is 3.38. The minimum absolute atomic E-state index is 0. The SMILES string of the molecule is Cl.O=C(CC1CSCCN1)N1CCC(Oc2ccc(F)cc2F)CC1. The minimum atomic E-state index is -0.686. The molecule has 1 N–H and O–H groups in total. The van der Waals surface area contributed by atoms with Crippen molar-refractivity contribution in [3.63, 3.8) is 0 Å². The minimum Gasteiger partial charge on any atom is -0.487 e. The zero-order valence-electron chi connectivity index (χ0n) is 13.9. The number of amides is 1. The molecule has 0 aliphatic carbocycles. The molecular formula is C17H23ClF2N2O2S. The lowest BCUT2D eigenvalue weighted by Gasteiger charge is -2.33. The van der Waals surface area contributed by atoms with Crippen LogP contribution in [-0.4, -0.2) is 54.1 Å². The maximum absolute atomic E-state index is 13.6. The van der Waals surface area contributed by atoms with Crippen molar-refractivity contribution in [2.75, 3.05) is 31.1 Å². The van der Waals surface area contributed by atoms with Crippen molar-refractivity contribution >= 4 is 30.1 Å². The molecule has 25 heavy (non-hydrogen) atoms. The fourth-order valence-electron chi connectivity index (χ4n) is 3.06. The van der Waals surface area contributed by atoms with E-state index in [0.29, 0.717) is 32.4 Å². The van der Waals surface area contributed by atoms with Crippen molar-refractivity contribution in [3.8, 4) is 5.75 Å². The first kappa shape index (κ1) is 20.3. The number of halogens is 3. The molecule has 2 fully saturated rings. The Balaban J connectivity index is 0.00000225. The lowest BCUT2D eigenvalue weighted by atomic mass is 10.1. The van der Waals surface area contributed by atoms with Gasteiger partial charge in [-0.05, 0) is 12.1 Å². The summed E-state index contributed by atoms with van der Waals surface area (Å²) in [6.45, 7) is 2.19. The van der Waals surface area contributed by atoms with Crippen molar-refractivity contribution in [1.29, 1.82) is 0 Å². The van der Waals surface area contributed by atoms with Crippen molar-refractivity contribution < 1.29 is 18.3 Å². The van der Waals surface area contributed by atoms with Crippen LogP contribution in [0.3, 0.4) is 0 Å². The van der Waals surface area contributed by atoms with Gasteiger partial charge in [0.2, 0.25) is 5.91 Å². The van der Waals surface area contributed by atoms with Crippen LogP contribution in [-0.2, 0) is 4.79 Å². The van der Waals surface area contributed by atoms with Gasteiger partial charge in [-0.2, -0.15) is 11.8 Å². The molecule has 140 valence electrons. The van der Waals surface area contributed by atoms with Gasteiger partial charge in [0.1, 0.15) is 11.9 Å². The number of ether oxygens (including phenoxy) is 1. The molecule has 1 aromatic rings. The Kier molecular flexibility index (Phi) is 7.78. The number of benzene rings is 1. The summed E-state index contributed by atoms with van der Waals surface area (Å²) >= 11 is 1.88. The summed E-state index contributed by atoms with van der Waals surface area (Å²) in [6, 6.07) is 3.59. The van der Waals surface area contributed by atoms with Crippen molar-refractivity contribution in [3.05, 3.63) is 29.8 Å². The van der Waals surface area contributed by atoms with Gasteiger partial charge in [-0.15, -0.1) is 12.4 Å². The molecule has 0 spiro atoms. The number of carbonyl (C=O) groups is 1. The smallest absolute Gasteiger partial charge is 0.224 e. The van der Waals surface area contributed by atoms with Crippen LogP contribution in [0.1, 0.15) is 19.3 Å². The largest absolute Gasteiger partial charge is 0.487 e. The molecule has 1 aromatic carbocycles. The second-order valence-corrected chi connectivity index (χ2v) is 7.35. The van der Waals surface area contributed by atoms with Crippen LogP contribution in [0.25, 0.3) is 0 Å². The first-order chi connectivity index (χ1) is 11.6. The fourth-order valence-corrected chi connectivity index (χ4v) is 4.01. The molecule has 2 heterocycles. The highest BCUT2D eigenvalue weighted by Crippen LogP contribution is 2.23. The average Bonchev–Trinajstić information content (AvgIpc) is 2.59. The van der Waals surface area contributed by atoms with Crippen LogP contribution in [0.2, 0.25) is 0 Å². The molecule has 0 radical (unpaired) electrons. The van der Waals surface area contributed by atoms with Gasteiger partial charge in [-0.25, -0.2) is 8.78 Å². The van der Waals surface area contributed by atoms with Crippen LogP contribution in [0.4, 0.5) is 8.78 Å². The lowest BCUT2D eigenvalue weighted by Crippen LogP contribution is -2.46. The van der Waals surface area contributed by atoms with E-state index in [2.05, 4.69) is 5.32 Å². The summed E-state index contributed by atoms with van der Waals surface area (Å²) in [6.07, 6.45) is 1.72. The van der Waals surface area contributed by atoms with E-state index in [0.717, 1.165) is 24.1 Å². The van der Waals surface area contributed by atoms with E-state index in [4.69, 9.17) is 4.74 Å². The number of hydrogen-bond acceptors (Lipinski definition) is 4. The Labute approximate surface area is 157 Å². The van der Waals surface area contributed by atoms with Crippen LogP contribution in [0, 0.1) is 11.6 Å². The van der Waals surface area contributed by atoms with Crippen LogP contribution in [0.5, 0.6) is 5.75 Å². The highest BCUT2D eigenvalue weighted by molar-refractivity contribution is 7.99. The molecule has 1 unspecified atom stereocenters. The third kappa shape index (κ3) is 5.72. The summed E-state index contributed by atoms with van der Waals surface area (Å²) in [7, 11) is 0. The van der Waals surface area contributed by atoms with E-state index in [1.807, 2.05) is 16.7 Å².